The largest absolute Gasteiger partial charge is 0.481 e. The maximum atomic E-state index is 11.0. The minimum absolute atomic E-state index is 0.353. The van der Waals surface area contributed by atoms with Gasteiger partial charge < -0.3 is 4.74 Å². The van der Waals surface area contributed by atoms with Crippen molar-refractivity contribution in [3.8, 4) is 5.88 Å². The van der Waals surface area contributed by atoms with Crippen molar-refractivity contribution in [2.75, 3.05) is 17.0 Å². The zero-order valence-electron chi connectivity index (χ0n) is 7.40. The summed E-state index contributed by atoms with van der Waals surface area (Å²) in [6.45, 7) is 0. The normalized spacial score (nSPS) is 11.0. The van der Waals surface area contributed by atoms with E-state index >= 15 is 0 Å². The highest BCUT2D eigenvalue weighted by molar-refractivity contribution is 7.93. The zero-order valence-corrected chi connectivity index (χ0v) is 8.97. The lowest BCUT2D eigenvalue weighted by Crippen LogP contribution is -2.13. The molecule has 0 aliphatic carbocycles. The highest BCUT2D eigenvalue weighted by atomic mass is 35.5. The Morgan fingerprint density at radius 1 is 1.57 bits per heavy atom. The fourth-order valence-electron chi connectivity index (χ4n) is 0.768. The molecule has 0 aliphatic rings. The lowest BCUT2D eigenvalue weighted by atomic mass is 10.4. The van der Waals surface area contributed by atoms with E-state index in [4.69, 9.17) is 16.3 Å². The summed E-state index contributed by atoms with van der Waals surface area (Å²) < 4.78 is 29.1. The van der Waals surface area contributed by atoms with Crippen molar-refractivity contribution in [1.82, 2.24) is 4.98 Å². The first-order valence-electron chi connectivity index (χ1n) is 3.64. The molecule has 1 aromatic heterocycles. The topological polar surface area (TPSA) is 68.3 Å². The van der Waals surface area contributed by atoms with Gasteiger partial charge in [0.2, 0.25) is 15.9 Å². The fourth-order valence-corrected chi connectivity index (χ4v) is 1.47. The quantitative estimate of drug-likeness (QED) is 0.793. The summed E-state index contributed by atoms with van der Waals surface area (Å²) in [5, 5.41) is -0.487. The Balaban J connectivity index is 2.79. The van der Waals surface area contributed by atoms with Gasteiger partial charge in [-0.15, -0.1) is 11.6 Å². The summed E-state index contributed by atoms with van der Waals surface area (Å²) in [6, 6.07) is 3.09. The summed E-state index contributed by atoms with van der Waals surface area (Å²) in [6.07, 6.45) is 1.35. The minimum atomic E-state index is -3.46. The molecule has 0 saturated heterocycles. The van der Waals surface area contributed by atoms with Crippen molar-refractivity contribution in [3.63, 3.8) is 0 Å². The van der Waals surface area contributed by atoms with Gasteiger partial charge in [-0.05, 0) is 6.07 Å². The van der Waals surface area contributed by atoms with Crippen molar-refractivity contribution < 1.29 is 13.2 Å². The monoisotopic (exact) mass is 236 g/mol. The van der Waals surface area contributed by atoms with E-state index in [1.54, 1.807) is 6.07 Å². The van der Waals surface area contributed by atoms with Gasteiger partial charge in [-0.3, -0.25) is 4.72 Å². The molecule has 0 fully saturated rings. The molecule has 0 spiro atoms. The second-order valence-electron chi connectivity index (χ2n) is 2.42. The van der Waals surface area contributed by atoms with Crippen LogP contribution in [0.2, 0.25) is 0 Å². The number of hydrogen-bond donors (Lipinski definition) is 1. The van der Waals surface area contributed by atoms with Gasteiger partial charge in [0.25, 0.3) is 0 Å². The van der Waals surface area contributed by atoms with Crippen LogP contribution in [0.1, 0.15) is 0 Å². The van der Waals surface area contributed by atoms with Crippen LogP contribution in [-0.4, -0.2) is 25.7 Å². The lowest BCUT2D eigenvalue weighted by molar-refractivity contribution is 0.398. The molecule has 0 aliphatic heterocycles. The Morgan fingerprint density at radius 3 is 2.71 bits per heavy atom. The summed E-state index contributed by atoms with van der Waals surface area (Å²) in [4.78, 5) is 3.82. The van der Waals surface area contributed by atoms with E-state index in [1.165, 1.54) is 19.4 Å². The average molecular weight is 237 g/mol. The highest BCUT2D eigenvalue weighted by Crippen LogP contribution is 2.12. The van der Waals surface area contributed by atoms with Crippen molar-refractivity contribution >= 4 is 27.3 Å². The molecule has 1 aromatic rings. The second kappa shape index (κ2) is 4.47. The third-order valence-electron chi connectivity index (χ3n) is 1.36. The molecule has 0 bridgehead atoms. The van der Waals surface area contributed by atoms with Crippen LogP contribution in [0.4, 0.5) is 5.69 Å². The molecule has 14 heavy (non-hydrogen) atoms. The zero-order chi connectivity index (χ0) is 10.6. The predicted octanol–water partition coefficient (Wildman–Crippen LogP) is 1.03. The first-order chi connectivity index (χ1) is 6.57. The molecule has 0 aromatic carbocycles. The first-order valence-corrected chi connectivity index (χ1v) is 5.82. The van der Waals surface area contributed by atoms with Gasteiger partial charge in [0, 0.05) is 6.07 Å². The van der Waals surface area contributed by atoms with Crippen LogP contribution < -0.4 is 9.46 Å². The van der Waals surface area contributed by atoms with Crippen LogP contribution >= 0.6 is 11.6 Å². The Labute approximate surface area is 87.1 Å². The van der Waals surface area contributed by atoms with E-state index in [0.717, 1.165) is 0 Å². The Kier molecular flexibility index (Phi) is 3.54. The summed E-state index contributed by atoms with van der Waals surface area (Å²) in [7, 11) is -1.98. The second-order valence-corrected chi connectivity index (χ2v) is 4.72. The average Bonchev–Trinajstić information content (AvgIpc) is 2.19. The standard InChI is InChI=1S/C7H9ClN2O3S/c1-13-7-3-2-6(4-9-7)10-14(11,12)5-8/h2-4,10H,5H2,1H3. The number of nitrogens with zero attached hydrogens (tertiary/aromatic N) is 1. The highest BCUT2D eigenvalue weighted by Gasteiger charge is 2.07. The number of aromatic nitrogens is 1. The number of nitrogens with one attached hydrogen (secondary N) is 1. The van der Waals surface area contributed by atoms with Crippen LogP contribution in [0.3, 0.4) is 0 Å². The number of methoxy groups -OCH3 is 1. The SMILES string of the molecule is COc1ccc(NS(=O)(=O)CCl)cn1. The smallest absolute Gasteiger partial charge is 0.246 e. The number of sulfonamides is 1. The lowest BCUT2D eigenvalue weighted by Gasteiger charge is -2.04. The van der Waals surface area contributed by atoms with E-state index in [0.29, 0.717) is 11.6 Å². The number of rotatable bonds is 4. The molecule has 0 atom stereocenters. The van der Waals surface area contributed by atoms with Gasteiger partial charge in [0.05, 0.1) is 19.0 Å². The third-order valence-corrected chi connectivity index (χ3v) is 3.06. The van der Waals surface area contributed by atoms with Gasteiger partial charge in [-0.2, -0.15) is 0 Å². The van der Waals surface area contributed by atoms with Crippen LogP contribution in [0, 0.1) is 0 Å². The van der Waals surface area contributed by atoms with Gasteiger partial charge in [0.1, 0.15) is 5.21 Å². The van der Waals surface area contributed by atoms with Gasteiger partial charge in [-0.25, -0.2) is 13.4 Å². The summed E-state index contributed by atoms with van der Waals surface area (Å²) in [5.74, 6) is 0.416. The Hall–Kier alpha value is -1.01. The molecule has 1 rings (SSSR count). The number of halogens is 1. The number of anilines is 1. The number of ether oxygens (including phenoxy) is 1. The number of hydrogen-bond acceptors (Lipinski definition) is 4. The summed E-state index contributed by atoms with van der Waals surface area (Å²) in [5.41, 5.74) is 0.353. The maximum absolute atomic E-state index is 11.0. The number of alkyl halides is 1. The molecule has 78 valence electrons. The summed E-state index contributed by atoms with van der Waals surface area (Å²) >= 11 is 5.21. The van der Waals surface area contributed by atoms with E-state index in [-0.39, 0.29) is 0 Å². The van der Waals surface area contributed by atoms with Gasteiger partial charge in [0.15, 0.2) is 0 Å². The van der Waals surface area contributed by atoms with Crippen LogP contribution in [0.15, 0.2) is 18.3 Å². The molecule has 7 heteroatoms. The molecule has 5 nitrogen and oxygen atoms in total. The van der Waals surface area contributed by atoms with E-state index in [2.05, 4.69) is 9.71 Å². The molecule has 0 unspecified atom stereocenters. The number of pyridine rings is 1. The van der Waals surface area contributed by atoms with E-state index in [1.807, 2.05) is 0 Å². The Morgan fingerprint density at radius 2 is 2.29 bits per heavy atom. The van der Waals surface area contributed by atoms with E-state index < -0.39 is 15.2 Å². The minimum Gasteiger partial charge on any atom is -0.481 e. The van der Waals surface area contributed by atoms with Crippen molar-refractivity contribution in [2.45, 2.75) is 0 Å². The van der Waals surface area contributed by atoms with Crippen LogP contribution in [-0.2, 0) is 10.0 Å². The molecule has 0 saturated carbocycles. The van der Waals surface area contributed by atoms with E-state index in [9.17, 15) is 8.42 Å². The molecular weight excluding hydrogens is 228 g/mol. The van der Waals surface area contributed by atoms with Crippen molar-refractivity contribution in [2.24, 2.45) is 0 Å². The molecular formula is C7H9ClN2O3S. The Bertz CT molecular complexity index is 390. The van der Waals surface area contributed by atoms with Crippen LogP contribution in [0.5, 0.6) is 5.88 Å². The maximum Gasteiger partial charge on any atom is 0.246 e. The van der Waals surface area contributed by atoms with Crippen LogP contribution in [0.25, 0.3) is 0 Å². The first kappa shape index (κ1) is 11.1. The fraction of sp³-hybridized carbons (Fsp3) is 0.286. The molecule has 0 radical (unpaired) electrons. The molecule has 1 N–H and O–H groups in total. The predicted molar refractivity (Wildman–Crippen MR) is 54.1 cm³/mol. The molecule has 0 amide bonds. The third kappa shape index (κ3) is 3.04. The van der Waals surface area contributed by atoms with Gasteiger partial charge in [-0.1, -0.05) is 0 Å². The van der Waals surface area contributed by atoms with Crippen molar-refractivity contribution in [1.29, 1.82) is 0 Å². The van der Waals surface area contributed by atoms with Gasteiger partial charge >= 0.3 is 0 Å². The molecule has 1 heterocycles. The van der Waals surface area contributed by atoms with Crippen molar-refractivity contribution in [3.05, 3.63) is 18.3 Å².